The molecule has 3 aromatic heterocycles. The summed E-state index contributed by atoms with van der Waals surface area (Å²) in [5, 5.41) is 0. The highest BCUT2D eigenvalue weighted by Gasteiger charge is 2.26. The van der Waals surface area contributed by atoms with Crippen LogP contribution in [0.5, 0.6) is 5.75 Å². The van der Waals surface area contributed by atoms with Crippen LogP contribution in [-0.4, -0.2) is 36.0 Å². The zero-order valence-corrected chi connectivity index (χ0v) is 17.8. The third kappa shape index (κ3) is 2.47. The number of methoxy groups -OCH3 is 1. The number of nitrogens with zero attached hydrogens (tertiary/aromatic N) is 5. The van der Waals surface area contributed by atoms with Crippen molar-refractivity contribution in [3.63, 3.8) is 0 Å². The van der Waals surface area contributed by atoms with Gasteiger partial charge < -0.3 is 4.74 Å². The van der Waals surface area contributed by atoms with Gasteiger partial charge in [-0.05, 0) is 39.8 Å². The van der Waals surface area contributed by atoms with Crippen molar-refractivity contribution in [2.45, 2.75) is 33.7 Å². The number of rotatable bonds is 4. The lowest BCUT2D eigenvalue weighted by Gasteiger charge is -2.13. The van der Waals surface area contributed by atoms with E-state index >= 15 is 0 Å². The van der Waals surface area contributed by atoms with Crippen LogP contribution in [0.3, 0.4) is 0 Å². The molecule has 156 valence electrons. The molecule has 0 spiro atoms. The van der Waals surface area contributed by atoms with E-state index in [2.05, 4.69) is 4.98 Å². The third-order valence-electron chi connectivity index (χ3n) is 5.77. The Hall–Kier alpha value is -3.62. The summed E-state index contributed by atoms with van der Waals surface area (Å²) in [6.07, 6.45) is 0. The lowest BCUT2D eigenvalue weighted by atomic mass is 10.2. The molecule has 0 saturated heterocycles. The molecule has 0 saturated carbocycles. The molecule has 0 radical (unpaired) electrons. The first-order valence-corrected chi connectivity index (χ1v) is 9.56. The Morgan fingerprint density at radius 1 is 1.13 bits per heavy atom. The Bertz CT molecular complexity index is 1450. The predicted molar refractivity (Wildman–Crippen MR) is 113 cm³/mol. The van der Waals surface area contributed by atoms with Crippen molar-refractivity contribution in [1.29, 1.82) is 0 Å². The molecule has 1 aromatic carbocycles. The molecule has 9 nitrogen and oxygen atoms in total. The van der Waals surface area contributed by atoms with E-state index in [9.17, 15) is 14.4 Å². The Balaban J connectivity index is 2.22. The van der Waals surface area contributed by atoms with Crippen LogP contribution in [0, 0.1) is 13.8 Å². The summed E-state index contributed by atoms with van der Waals surface area (Å²) in [6.45, 7) is 6.73. The Labute approximate surface area is 171 Å². The smallest absolute Gasteiger partial charge is 0.333 e. The second-order valence-corrected chi connectivity index (χ2v) is 7.40. The molecule has 4 rings (SSSR count). The molecule has 30 heavy (non-hydrogen) atoms. The largest absolute Gasteiger partial charge is 0.495 e. The molecular formula is C21H23N5O4. The van der Waals surface area contributed by atoms with E-state index in [1.54, 1.807) is 25.5 Å². The molecule has 1 atom stereocenters. The fourth-order valence-corrected chi connectivity index (χ4v) is 3.84. The molecule has 0 fully saturated rings. The number of benzene rings is 1. The first-order valence-electron chi connectivity index (χ1n) is 9.56. The van der Waals surface area contributed by atoms with Gasteiger partial charge in [0.1, 0.15) is 5.75 Å². The van der Waals surface area contributed by atoms with Crippen molar-refractivity contribution in [2.75, 3.05) is 7.11 Å². The van der Waals surface area contributed by atoms with Crippen LogP contribution in [0.25, 0.3) is 22.6 Å². The van der Waals surface area contributed by atoms with Crippen molar-refractivity contribution < 1.29 is 9.53 Å². The summed E-state index contributed by atoms with van der Waals surface area (Å²) in [5.41, 5.74) is 1.86. The van der Waals surface area contributed by atoms with Crippen LogP contribution in [-0.2, 0) is 11.8 Å². The Morgan fingerprint density at radius 3 is 2.43 bits per heavy atom. The normalized spacial score (nSPS) is 12.6. The number of imidazole rings is 2. The van der Waals surface area contributed by atoms with E-state index in [1.807, 2.05) is 42.7 Å². The van der Waals surface area contributed by atoms with E-state index in [0.717, 1.165) is 21.6 Å². The second kappa shape index (κ2) is 6.72. The summed E-state index contributed by atoms with van der Waals surface area (Å²) < 4.78 is 11.5. The van der Waals surface area contributed by atoms with E-state index in [0.29, 0.717) is 11.5 Å². The summed E-state index contributed by atoms with van der Waals surface area (Å²) in [5.74, 6) is 0.875. The third-order valence-corrected chi connectivity index (χ3v) is 5.77. The number of para-hydroxylation sites is 2. The summed E-state index contributed by atoms with van der Waals surface area (Å²) >= 11 is 0. The minimum absolute atomic E-state index is 0.259. The van der Waals surface area contributed by atoms with Gasteiger partial charge in [-0.15, -0.1) is 0 Å². The fourth-order valence-electron chi connectivity index (χ4n) is 3.84. The van der Waals surface area contributed by atoms with E-state index < -0.39 is 17.3 Å². The SMILES string of the molecule is COc1ccccc1-n1c(C)c(C)n2c3c(=O)n([C@H](C)C(C)=O)c(=O)n(C)c3nc12. The minimum atomic E-state index is -0.871. The quantitative estimate of drug-likeness (QED) is 0.513. The minimum Gasteiger partial charge on any atom is -0.495 e. The van der Waals surface area contributed by atoms with Crippen molar-refractivity contribution in [3.05, 3.63) is 56.5 Å². The van der Waals surface area contributed by atoms with Crippen LogP contribution < -0.4 is 16.0 Å². The maximum atomic E-state index is 13.4. The van der Waals surface area contributed by atoms with Gasteiger partial charge in [0.15, 0.2) is 16.9 Å². The first kappa shape index (κ1) is 19.7. The van der Waals surface area contributed by atoms with Gasteiger partial charge in [0.2, 0.25) is 5.78 Å². The van der Waals surface area contributed by atoms with Gasteiger partial charge in [-0.1, -0.05) is 12.1 Å². The molecule has 4 aromatic rings. The molecule has 0 aliphatic rings. The zero-order valence-electron chi connectivity index (χ0n) is 17.8. The number of aromatic nitrogens is 5. The highest BCUT2D eigenvalue weighted by atomic mass is 16.5. The topological polar surface area (TPSA) is 92.5 Å². The highest BCUT2D eigenvalue weighted by Crippen LogP contribution is 2.29. The van der Waals surface area contributed by atoms with Crippen LogP contribution in [0.15, 0.2) is 33.9 Å². The van der Waals surface area contributed by atoms with Gasteiger partial charge in [-0.2, -0.15) is 4.98 Å². The van der Waals surface area contributed by atoms with Crippen molar-refractivity contribution in [3.8, 4) is 11.4 Å². The van der Waals surface area contributed by atoms with Gasteiger partial charge in [-0.3, -0.25) is 23.1 Å². The summed E-state index contributed by atoms with van der Waals surface area (Å²) in [4.78, 5) is 42.8. The van der Waals surface area contributed by atoms with Crippen LogP contribution >= 0.6 is 0 Å². The van der Waals surface area contributed by atoms with Crippen LogP contribution in [0.1, 0.15) is 31.3 Å². The second-order valence-electron chi connectivity index (χ2n) is 7.40. The molecule has 0 unspecified atom stereocenters. The summed E-state index contributed by atoms with van der Waals surface area (Å²) in [7, 11) is 3.14. The molecule has 3 heterocycles. The zero-order chi connectivity index (χ0) is 21.9. The lowest BCUT2D eigenvalue weighted by Crippen LogP contribution is -2.42. The number of carbonyl (C=O) groups excluding carboxylic acids is 1. The van der Waals surface area contributed by atoms with Crippen molar-refractivity contribution >= 4 is 22.7 Å². The molecular weight excluding hydrogens is 386 g/mol. The van der Waals surface area contributed by atoms with E-state index in [1.165, 1.54) is 11.5 Å². The number of ketones is 1. The summed E-state index contributed by atoms with van der Waals surface area (Å²) in [6, 6.07) is 6.64. The monoisotopic (exact) mass is 409 g/mol. The number of Topliss-reactive ketones (excluding diaryl/α,β-unsaturated/α-hetero) is 1. The molecule has 0 aliphatic carbocycles. The maximum absolute atomic E-state index is 13.4. The molecule has 0 bridgehead atoms. The average Bonchev–Trinajstić information content (AvgIpc) is 3.22. The van der Waals surface area contributed by atoms with Crippen molar-refractivity contribution in [2.24, 2.45) is 7.05 Å². The Morgan fingerprint density at radius 2 is 1.80 bits per heavy atom. The number of hydrogen-bond donors (Lipinski definition) is 0. The molecule has 0 aliphatic heterocycles. The highest BCUT2D eigenvalue weighted by molar-refractivity contribution is 5.81. The number of ether oxygens (including phenoxy) is 1. The van der Waals surface area contributed by atoms with Crippen LogP contribution in [0.4, 0.5) is 0 Å². The van der Waals surface area contributed by atoms with Gasteiger partial charge in [0.25, 0.3) is 5.56 Å². The van der Waals surface area contributed by atoms with Gasteiger partial charge >= 0.3 is 5.69 Å². The van der Waals surface area contributed by atoms with E-state index in [4.69, 9.17) is 4.74 Å². The van der Waals surface area contributed by atoms with E-state index in [-0.39, 0.29) is 16.9 Å². The van der Waals surface area contributed by atoms with Gasteiger partial charge in [0, 0.05) is 18.4 Å². The number of hydrogen-bond acceptors (Lipinski definition) is 5. The standard InChI is InChI=1S/C21H23N5O4/c1-11-12(2)25-17-18(23(5)21(29)26(19(17)28)13(3)14(4)27)22-20(25)24(11)15-9-7-8-10-16(15)30-6/h7-10,13H,1-6H3/t13-/m1/s1. The fraction of sp³-hybridized carbons (Fsp3) is 0.333. The first-order chi connectivity index (χ1) is 14.2. The lowest BCUT2D eigenvalue weighted by molar-refractivity contribution is -0.119. The predicted octanol–water partition coefficient (Wildman–Crippen LogP) is 1.91. The molecule has 0 N–H and O–H groups in total. The van der Waals surface area contributed by atoms with Crippen molar-refractivity contribution in [1.82, 2.24) is 23.1 Å². The average molecular weight is 409 g/mol. The number of aryl methyl sites for hydroxylation is 2. The van der Waals surface area contributed by atoms with Gasteiger partial charge in [0.05, 0.1) is 18.8 Å². The number of carbonyl (C=O) groups is 1. The van der Waals surface area contributed by atoms with Crippen LogP contribution in [0.2, 0.25) is 0 Å². The number of fused-ring (bicyclic) bond motifs is 3. The maximum Gasteiger partial charge on any atom is 0.333 e. The molecule has 9 heteroatoms. The molecule has 0 amide bonds. The van der Waals surface area contributed by atoms with Gasteiger partial charge in [-0.25, -0.2) is 9.36 Å². The Kier molecular flexibility index (Phi) is 4.41.